The van der Waals surface area contributed by atoms with Crippen LogP contribution in [-0.4, -0.2) is 9.55 Å². The molecule has 0 aliphatic carbocycles. The van der Waals surface area contributed by atoms with Crippen LogP contribution in [0.3, 0.4) is 0 Å². The lowest BCUT2D eigenvalue weighted by atomic mass is 10.4. The highest BCUT2D eigenvalue weighted by Gasteiger charge is 1.97. The molecule has 4 nitrogen and oxygen atoms in total. The Morgan fingerprint density at radius 3 is 2.82 bits per heavy atom. The maximum Gasteiger partial charge on any atom is 0.329 e. The topological polar surface area (TPSA) is 54.9 Å². The minimum absolute atomic E-state index is 0.0520. The van der Waals surface area contributed by atoms with Crippen LogP contribution in [0.25, 0.3) is 0 Å². The fourth-order valence-corrected chi connectivity index (χ4v) is 0.885. The van der Waals surface area contributed by atoms with Crippen LogP contribution in [0.2, 0.25) is 0 Å². The Morgan fingerprint density at radius 1 is 1.64 bits per heavy atom. The van der Waals surface area contributed by atoms with Crippen LogP contribution < -0.4 is 11.2 Å². The summed E-state index contributed by atoms with van der Waals surface area (Å²) in [4.78, 5) is 23.8. The van der Waals surface area contributed by atoms with Gasteiger partial charge in [-0.15, -0.1) is 11.6 Å². The molecule has 0 aliphatic heterocycles. The lowest BCUT2D eigenvalue weighted by Crippen LogP contribution is -2.29. The Hall–Kier alpha value is -1.03. The maximum atomic E-state index is 10.8. The Labute approximate surface area is 67.4 Å². The van der Waals surface area contributed by atoms with Gasteiger partial charge >= 0.3 is 5.69 Å². The van der Waals surface area contributed by atoms with Crippen LogP contribution >= 0.6 is 11.6 Å². The van der Waals surface area contributed by atoms with Crippen LogP contribution in [-0.2, 0) is 6.00 Å². The first kappa shape index (κ1) is 8.07. The normalized spacial score (nSPS) is 10.0. The van der Waals surface area contributed by atoms with Gasteiger partial charge in [0.05, 0.1) is 0 Å². The van der Waals surface area contributed by atoms with E-state index in [4.69, 9.17) is 11.6 Å². The second-order valence-corrected chi connectivity index (χ2v) is 2.40. The van der Waals surface area contributed by atoms with E-state index in [1.807, 2.05) is 0 Å². The molecule has 1 heterocycles. The highest BCUT2D eigenvalue weighted by Crippen LogP contribution is 1.85. The van der Waals surface area contributed by atoms with E-state index in [2.05, 4.69) is 4.98 Å². The van der Waals surface area contributed by atoms with E-state index in [0.717, 1.165) is 0 Å². The van der Waals surface area contributed by atoms with Crippen LogP contribution in [0, 0.1) is 6.92 Å². The Bertz CT molecular complexity index is 366. The molecule has 1 aromatic rings. The van der Waals surface area contributed by atoms with Crippen LogP contribution in [0.1, 0.15) is 5.56 Å². The third-order valence-corrected chi connectivity index (χ3v) is 1.58. The van der Waals surface area contributed by atoms with Gasteiger partial charge < -0.3 is 0 Å². The number of aryl methyl sites for hydroxylation is 1. The first-order valence-corrected chi connectivity index (χ1v) is 3.55. The van der Waals surface area contributed by atoms with Gasteiger partial charge in [0.2, 0.25) is 0 Å². The molecule has 0 unspecified atom stereocenters. The van der Waals surface area contributed by atoms with Gasteiger partial charge in [-0.1, -0.05) is 0 Å². The molecular formula is C6H7ClN2O2. The number of hydrogen-bond acceptors (Lipinski definition) is 2. The molecule has 5 heteroatoms. The minimum Gasteiger partial charge on any atom is -0.286 e. The van der Waals surface area contributed by atoms with Crippen molar-refractivity contribution < 1.29 is 0 Å². The van der Waals surface area contributed by atoms with E-state index < -0.39 is 5.69 Å². The molecule has 1 rings (SSSR count). The zero-order valence-corrected chi connectivity index (χ0v) is 6.68. The minimum atomic E-state index is -0.476. The monoisotopic (exact) mass is 174 g/mol. The van der Waals surface area contributed by atoms with Gasteiger partial charge in [0.1, 0.15) is 6.00 Å². The molecule has 60 valence electrons. The molecule has 0 atom stereocenters. The summed E-state index contributed by atoms with van der Waals surface area (Å²) < 4.78 is 1.22. The van der Waals surface area contributed by atoms with Crippen molar-refractivity contribution in [1.82, 2.24) is 9.55 Å². The van der Waals surface area contributed by atoms with E-state index in [9.17, 15) is 9.59 Å². The van der Waals surface area contributed by atoms with Gasteiger partial charge in [-0.3, -0.25) is 14.3 Å². The smallest absolute Gasteiger partial charge is 0.286 e. The average molecular weight is 175 g/mol. The van der Waals surface area contributed by atoms with Gasteiger partial charge in [-0.05, 0) is 6.92 Å². The predicted molar refractivity (Wildman–Crippen MR) is 41.9 cm³/mol. The number of aromatic nitrogens is 2. The standard InChI is InChI=1S/C6H7ClN2O2/c1-4-2-9(3-7)6(11)8-5(4)10/h2H,3H2,1H3,(H,8,10,11). The van der Waals surface area contributed by atoms with Crippen LogP contribution in [0.15, 0.2) is 15.8 Å². The SMILES string of the molecule is Cc1cn(CCl)c(=O)[nH]c1=O. The predicted octanol–water partition coefficient (Wildman–Crippen LogP) is 0.0413. The second kappa shape index (κ2) is 2.92. The fraction of sp³-hybridized carbons (Fsp3) is 0.333. The molecule has 1 N–H and O–H groups in total. The van der Waals surface area contributed by atoms with Gasteiger partial charge in [-0.2, -0.15) is 0 Å². The molecule has 0 aromatic carbocycles. The number of nitrogens with one attached hydrogen (secondary N) is 1. The molecule has 0 spiro atoms. The van der Waals surface area contributed by atoms with Crippen molar-refractivity contribution >= 4 is 11.6 Å². The third kappa shape index (κ3) is 1.51. The number of H-pyrrole nitrogens is 1. The third-order valence-electron chi connectivity index (χ3n) is 1.32. The van der Waals surface area contributed by atoms with E-state index in [1.54, 1.807) is 6.92 Å². The molecule has 1 aromatic heterocycles. The van der Waals surface area contributed by atoms with Crippen molar-refractivity contribution in [3.8, 4) is 0 Å². The highest BCUT2D eigenvalue weighted by molar-refractivity contribution is 6.15. The molecule has 0 saturated carbocycles. The first-order chi connectivity index (χ1) is 5.15. The zero-order chi connectivity index (χ0) is 8.43. The lowest BCUT2D eigenvalue weighted by Gasteiger charge is -1.98. The van der Waals surface area contributed by atoms with E-state index >= 15 is 0 Å². The number of rotatable bonds is 1. The molecule has 0 bridgehead atoms. The number of halogens is 1. The summed E-state index contributed by atoms with van der Waals surface area (Å²) in [5.41, 5.74) is -0.364. The number of hydrogen-bond donors (Lipinski definition) is 1. The van der Waals surface area contributed by atoms with Crippen molar-refractivity contribution in [2.24, 2.45) is 0 Å². The van der Waals surface area contributed by atoms with E-state index in [1.165, 1.54) is 10.8 Å². The fourth-order valence-electron chi connectivity index (χ4n) is 0.707. The molecule has 0 amide bonds. The summed E-state index contributed by atoms with van der Waals surface area (Å²) in [5, 5.41) is 0. The molecule has 11 heavy (non-hydrogen) atoms. The summed E-state index contributed by atoms with van der Waals surface area (Å²) in [6.07, 6.45) is 1.42. The summed E-state index contributed by atoms with van der Waals surface area (Å²) in [6, 6.07) is 0.0520. The van der Waals surface area contributed by atoms with Gasteiger partial charge in [0, 0.05) is 11.8 Å². The Balaban J connectivity index is 3.45. The summed E-state index contributed by atoms with van der Waals surface area (Å²) in [6.45, 7) is 1.61. The summed E-state index contributed by atoms with van der Waals surface area (Å²) in [5.74, 6) is 0. The lowest BCUT2D eigenvalue weighted by molar-refractivity contribution is 0.768. The Morgan fingerprint density at radius 2 is 2.27 bits per heavy atom. The molecule has 0 fully saturated rings. The van der Waals surface area contributed by atoms with Gasteiger partial charge in [0.15, 0.2) is 0 Å². The number of nitrogens with zero attached hydrogens (tertiary/aromatic N) is 1. The van der Waals surface area contributed by atoms with Gasteiger partial charge in [-0.25, -0.2) is 4.79 Å². The number of aromatic amines is 1. The quantitative estimate of drug-likeness (QED) is 0.612. The molecule has 0 saturated heterocycles. The first-order valence-electron chi connectivity index (χ1n) is 3.01. The molecule has 0 aliphatic rings. The van der Waals surface area contributed by atoms with Crippen molar-refractivity contribution in [2.45, 2.75) is 12.9 Å². The second-order valence-electron chi connectivity index (χ2n) is 2.16. The summed E-state index contributed by atoms with van der Waals surface area (Å²) >= 11 is 5.40. The van der Waals surface area contributed by atoms with E-state index in [0.29, 0.717) is 5.56 Å². The Kier molecular flexibility index (Phi) is 2.14. The van der Waals surface area contributed by atoms with Crippen molar-refractivity contribution in [1.29, 1.82) is 0 Å². The van der Waals surface area contributed by atoms with Crippen LogP contribution in [0.5, 0.6) is 0 Å². The summed E-state index contributed by atoms with van der Waals surface area (Å²) in [7, 11) is 0. The zero-order valence-electron chi connectivity index (χ0n) is 5.93. The van der Waals surface area contributed by atoms with E-state index in [-0.39, 0.29) is 11.6 Å². The highest BCUT2D eigenvalue weighted by atomic mass is 35.5. The van der Waals surface area contributed by atoms with Crippen molar-refractivity contribution in [3.05, 3.63) is 32.6 Å². The number of alkyl halides is 1. The largest absolute Gasteiger partial charge is 0.329 e. The molecular weight excluding hydrogens is 168 g/mol. The van der Waals surface area contributed by atoms with Crippen molar-refractivity contribution in [2.75, 3.05) is 0 Å². The average Bonchev–Trinajstić information content (AvgIpc) is 1.97. The van der Waals surface area contributed by atoms with Crippen LogP contribution in [0.4, 0.5) is 0 Å². The molecule has 0 radical (unpaired) electrons. The van der Waals surface area contributed by atoms with Gasteiger partial charge in [0.25, 0.3) is 5.56 Å². The van der Waals surface area contributed by atoms with Crippen molar-refractivity contribution in [3.63, 3.8) is 0 Å². The maximum absolute atomic E-state index is 10.8.